The molecule has 0 radical (unpaired) electrons. The van der Waals surface area contributed by atoms with Gasteiger partial charge in [0.15, 0.2) is 0 Å². The molecule has 0 fully saturated rings. The lowest BCUT2D eigenvalue weighted by Crippen LogP contribution is -2.23. The van der Waals surface area contributed by atoms with E-state index in [-0.39, 0.29) is 5.97 Å². The summed E-state index contributed by atoms with van der Waals surface area (Å²) in [5.41, 5.74) is 0.594. The molecule has 0 aromatic rings. The smallest absolute Gasteiger partial charge is 0.306 e. The Bertz CT molecular complexity index is 421. The van der Waals surface area contributed by atoms with Crippen molar-refractivity contribution in [3.8, 4) is 0 Å². The average Bonchev–Trinajstić information content (AvgIpc) is 2.56. The van der Waals surface area contributed by atoms with Crippen molar-refractivity contribution >= 4 is 5.97 Å². The highest BCUT2D eigenvalue weighted by Gasteiger charge is 2.15. The lowest BCUT2D eigenvalue weighted by Gasteiger charge is -2.19. The zero-order valence-corrected chi connectivity index (χ0v) is 16.8. The molecule has 0 bridgehead atoms. The van der Waals surface area contributed by atoms with Crippen LogP contribution < -0.4 is 0 Å². The number of esters is 1. The molecule has 0 aliphatic carbocycles. The summed E-state index contributed by atoms with van der Waals surface area (Å²) in [6, 6.07) is 0. The Morgan fingerprint density at radius 1 is 0.885 bits per heavy atom. The van der Waals surface area contributed by atoms with E-state index in [1.165, 1.54) is 0 Å². The van der Waals surface area contributed by atoms with Gasteiger partial charge in [-0.15, -0.1) is 0 Å². The SMILES string of the molecule is C=C/C=C(\C=C)COCCOCCOCCCCCC(=O)OC(C)(C)C. The largest absolute Gasteiger partial charge is 0.460 e. The van der Waals surface area contributed by atoms with Gasteiger partial charge in [0.1, 0.15) is 5.60 Å². The van der Waals surface area contributed by atoms with Gasteiger partial charge in [-0.05, 0) is 39.2 Å². The van der Waals surface area contributed by atoms with Crippen LogP contribution in [0, 0.1) is 0 Å². The minimum atomic E-state index is -0.401. The van der Waals surface area contributed by atoms with E-state index in [1.807, 2.05) is 26.8 Å². The fourth-order valence-electron chi connectivity index (χ4n) is 2.00. The van der Waals surface area contributed by atoms with Crippen molar-refractivity contribution in [2.24, 2.45) is 0 Å². The van der Waals surface area contributed by atoms with E-state index in [2.05, 4.69) is 13.2 Å². The fourth-order valence-corrected chi connectivity index (χ4v) is 2.00. The molecule has 0 aromatic heterocycles. The Morgan fingerprint density at radius 2 is 1.50 bits per heavy atom. The second-order valence-electron chi connectivity index (χ2n) is 6.86. The van der Waals surface area contributed by atoms with Gasteiger partial charge in [-0.3, -0.25) is 4.79 Å². The molecule has 5 nitrogen and oxygen atoms in total. The van der Waals surface area contributed by atoms with Gasteiger partial charge in [-0.25, -0.2) is 0 Å². The summed E-state index contributed by atoms with van der Waals surface area (Å²) in [5, 5.41) is 0. The van der Waals surface area contributed by atoms with Gasteiger partial charge < -0.3 is 18.9 Å². The highest BCUT2D eigenvalue weighted by molar-refractivity contribution is 5.69. The first-order valence-corrected chi connectivity index (χ1v) is 9.28. The molecule has 0 aliphatic heterocycles. The summed E-state index contributed by atoms with van der Waals surface area (Å²) in [7, 11) is 0. The number of hydrogen-bond acceptors (Lipinski definition) is 5. The summed E-state index contributed by atoms with van der Waals surface area (Å²) in [4.78, 5) is 11.5. The van der Waals surface area contributed by atoms with Crippen LogP contribution in [0.1, 0.15) is 46.5 Å². The molecule has 0 atom stereocenters. The van der Waals surface area contributed by atoms with Crippen molar-refractivity contribution in [1.82, 2.24) is 0 Å². The third-order valence-electron chi connectivity index (χ3n) is 3.20. The van der Waals surface area contributed by atoms with Crippen LogP contribution in [0.15, 0.2) is 37.0 Å². The molecular weight excluding hydrogens is 332 g/mol. The molecule has 26 heavy (non-hydrogen) atoms. The first-order valence-electron chi connectivity index (χ1n) is 9.28. The standard InChI is InChI=1S/C21H36O5/c1-6-11-19(7-2)18-25-17-16-24-15-14-23-13-10-8-9-12-20(22)26-21(3,4)5/h6-7,11H,1-2,8-10,12-18H2,3-5H3/b19-11+. The number of rotatable bonds is 16. The Kier molecular flexibility index (Phi) is 14.9. The molecule has 0 rings (SSSR count). The van der Waals surface area contributed by atoms with E-state index in [1.54, 1.807) is 12.2 Å². The van der Waals surface area contributed by atoms with Crippen molar-refractivity contribution in [2.75, 3.05) is 39.6 Å². The lowest BCUT2D eigenvalue weighted by atomic mass is 10.1. The number of unbranched alkanes of at least 4 members (excludes halogenated alkanes) is 2. The summed E-state index contributed by atoms with van der Waals surface area (Å²) in [6.45, 7) is 16.4. The molecule has 0 spiro atoms. The van der Waals surface area contributed by atoms with Crippen LogP contribution in [0.25, 0.3) is 0 Å². The van der Waals surface area contributed by atoms with Crippen LogP contribution in [0.3, 0.4) is 0 Å². The van der Waals surface area contributed by atoms with E-state index in [0.717, 1.165) is 24.8 Å². The minimum absolute atomic E-state index is 0.130. The van der Waals surface area contributed by atoms with Gasteiger partial charge >= 0.3 is 5.97 Å². The van der Waals surface area contributed by atoms with Gasteiger partial charge in [0.25, 0.3) is 0 Å². The molecule has 0 unspecified atom stereocenters. The monoisotopic (exact) mass is 368 g/mol. The normalized spacial score (nSPS) is 12.0. The number of hydrogen-bond donors (Lipinski definition) is 0. The third kappa shape index (κ3) is 17.4. The summed E-state index contributed by atoms with van der Waals surface area (Å²) in [6.07, 6.45) is 8.53. The second-order valence-corrected chi connectivity index (χ2v) is 6.86. The van der Waals surface area contributed by atoms with Crippen LogP contribution in [-0.4, -0.2) is 51.2 Å². The van der Waals surface area contributed by atoms with Crippen molar-refractivity contribution in [3.05, 3.63) is 37.0 Å². The zero-order chi connectivity index (χ0) is 19.7. The molecule has 0 N–H and O–H groups in total. The van der Waals surface area contributed by atoms with Crippen molar-refractivity contribution in [3.63, 3.8) is 0 Å². The Labute approximate surface area is 159 Å². The quantitative estimate of drug-likeness (QED) is 0.232. The maximum atomic E-state index is 11.5. The predicted octanol–water partition coefficient (Wildman–Crippen LogP) is 4.24. The summed E-state index contributed by atoms with van der Waals surface area (Å²) in [5.74, 6) is -0.130. The lowest BCUT2D eigenvalue weighted by molar-refractivity contribution is -0.154. The molecular formula is C21H36O5. The van der Waals surface area contributed by atoms with Gasteiger partial charge in [0.2, 0.25) is 0 Å². The van der Waals surface area contributed by atoms with Crippen LogP contribution in [0.4, 0.5) is 0 Å². The van der Waals surface area contributed by atoms with Crippen LogP contribution in [0.2, 0.25) is 0 Å². The number of carbonyl (C=O) groups excluding carboxylic acids is 1. The predicted molar refractivity (Wildman–Crippen MR) is 105 cm³/mol. The minimum Gasteiger partial charge on any atom is -0.460 e. The Morgan fingerprint density at radius 3 is 2.08 bits per heavy atom. The van der Waals surface area contributed by atoms with Crippen molar-refractivity contribution in [1.29, 1.82) is 0 Å². The maximum absolute atomic E-state index is 11.5. The first-order chi connectivity index (χ1) is 12.4. The second kappa shape index (κ2) is 15.8. The maximum Gasteiger partial charge on any atom is 0.306 e. The Balaban J connectivity index is 3.32. The molecule has 5 heteroatoms. The van der Waals surface area contributed by atoms with Crippen molar-refractivity contribution in [2.45, 2.75) is 52.1 Å². The molecule has 0 heterocycles. The van der Waals surface area contributed by atoms with Crippen LogP contribution in [0.5, 0.6) is 0 Å². The number of ether oxygens (including phenoxy) is 4. The molecule has 150 valence electrons. The molecule has 0 saturated heterocycles. The topological polar surface area (TPSA) is 54.0 Å². The van der Waals surface area contributed by atoms with Gasteiger partial charge in [-0.1, -0.05) is 37.8 Å². The average molecular weight is 369 g/mol. The molecule has 0 aromatic carbocycles. The first kappa shape index (κ1) is 24.6. The van der Waals surface area contributed by atoms with E-state index in [9.17, 15) is 4.79 Å². The highest BCUT2D eigenvalue weighted by atomic mass is 16.6. The van der Waals surface area contributed by atoms with Gasteiger partial charge in [-0.2, -0.15) is 0 Å². The van der Waals surface area contributed by atoms with Crippen LogP contribution >= 0.6 is 0 Å². The Hall–Kier alpha value is -1.43. The molecule has 0 amide bonds. The van der Waals surface area contributed by atoms with Gasteiger partial charge in [0.05, 0.1) is 33.0 Å². The van der Waals surface area contributed by atoms with Gasteiger partial charge in [0, 0.05) is 13.0 Å². The van der Waals surface area contributed by atoms with E-state index >= 15 is 0 Å². The van der Waals surface area contributed by atoms with E-state index in [4.69, 9.17) is 18.9 Å². The molecule has 0 aliphatic rings. The van der Waals surface area contributed by atoms with Crippen molar-refractivity contribution < 1.29 is 23.7 Å². The highest BCUT2D eigenvalue weighted by Crippen LogP contribution is 2.10. The third-order valence-corrected chi connectivity index (χ3v) is 3.20. The van der Waals surface area contributed by atoms with E-state index in [0.29, 0.717) is 46.1 Å². The fraction of sp³-hybridized carbons (Fsp3) is 0.667. The number of carbonyl (C=O) groups is 1. The zero-order valence-electron chi connectivity index (χ0n) is 16.8. The number of allylic oxidation sites excluding steroid dienone is 2. The summed E-state index contributed by atoms with van der Waals surface area (Å²) >= 11 is 0. The van der Waals surface area contributed by atoms with E-state index < -0.39 is 5.60 Å². The van der Waals surface area contributed by atoms with Crippen LogP contribution in [-0.2, 0) is 23.7 Å². The molecule has 0 saturated carbocycles. The summed E-state index contributed by atoms with van der Waals surface area (Å²) < 4.78 is 21.7.